The van der Waals surface area contributed by atoms with Gasteiger partial charge >= 0.3 is 0 Å². The smallest absolute Gasteiger partial charge is 0.0901 e. The van der Waals surface area contributed by atoms with E-state index in [1.807, 2.05) is 6.92 Å². The Morgan fingerprint density at radius 2 is 2.43 bits per heavy atom. The number of aromatic nitrogens is 1. The number of rotatable bonds is 5. The Morgan fingerprint density at radius 1 is 1.64 bits per heavy atom. The van der Waals surface area contributed by atoms with E-state index in [4.69, 9.17) is 0 Å². The van der Waals surface area contributed by atoms with E-state index >= 15 is 0 Å². The lowest BCUT2D eigenvalue weighted by Crippen LogP contribution is -2.24. The molecule has 0 spiro atoms. The van der Waals surface area contributed by atoms with E-state index in [1.54, 1.807) is 11.3 Å². The number of hydrogen-bond acceptors (Lipinski definition) is 3. The summed E-state index contributed by atoms with van der Waals surface area (Å²) < 4.78 is 0. The van der Waals surface area contributed by atoms with Gasteiger partial charge in [-0.3, -0.25) is 0 Å². The SMILES string of the molecule is CCCNC(C)/C=C/c1csc(C)n1. The van der Waals surface area contributed by atoms with Crippen molar-refractivity contribution in [2.24, 2.45) is 0 Å². The Hall–Kier alpha value is -0.670. The van der Waals surface area contributed by atoms with Crippen molar-refractivity contribution >= 4 is 17.4 Å². The standard InChI is InChI=1S/C11H18N2S/c1-4-7-12-9(2)5-6-11-8-14-10(3)13-11/h5-6,8-9,12H,4,7H2,1-3H3/b6-5+. The van der Waals surface area contributed by atoms with Crippen LogP contribution >= 0.6 is 11.3 Å². The highest BCUT2D eigenvalue weighted by Gasteiger charge is 1.95. The highest BCUT2D eigenvalue weighted by molar-refractivity contribution is 7.09. The van der Waals surface area contributed by atoms with Gasteiger partial charge in [-0.05, 0) is 32.9 Å². The number of thiazole rings is 1. The normalized spacial score (nSPS) is 13.6. The van der Waals surface area contributed by atoms with Gasteiger partial charge in [-0.25, -0.2) is 4.98 Å². The molecule has 0 amide bonds. The van der Waals surface area contributed by atoms with E-state index in [0.717, 1.165) is 17.2 Å². The number of nitrogens with zero attached hydrogens (tertiary/aromatic N) is 1. The first kappa shape index (κ1) is 11.4. The van der Waals surface area contributed by atoms with Crippen LogP contribution in [-0.4, -0.2) is 17.6 Å². The number of nitrogens with one attached hydrogen (secondary N) is 1. The zero-order valence-corrected chi connectivity index (χ0v) is 9.90. The third-order valence-corrected chi connectivity index (χ3v) is 2.70. The molecule has 0 bridgehead atoms. The van der Waals surface area contributed by atoms with E-state index in [1.165, 1.54) is 6.42 Å². The van der Waals surface area contributed by atoms with E-state index in [0.29, 0.717) is 6.04 Å². The van der Waals surface area contributed by atoms with Crippen LogP contribution in [0.5, 0.6) is 0 Å². The first-order valence-corrected chi connectivity index (χ1v) is 5.94. The molecule has 1 aromatic rings. The molecule has 1 atom stereocenters. The van der Waals surface area contributed by atoms with Gasteiger partial charge in [-0.1, -0.05) is 13.0 Å². The maximum Gasteiger partial charge on any atom is 0.0901 e. The van der Waals surface area contributed by atoms with Crippen LogP contribution in [0.15, 0.2) is 11.5 Å². The summed E-state index contributed by atoms with van der Waals surface area (Å²) in [6, 6.07) is 0.428. The van der Waals surface area contributed by atoms with Gasteiger partial charge in [0.2, 0.25) is 0 Å². The van der Waals surface area contributed by atoms with Gasteiger partial charge in [0.1, 0.15) is 0 Å². The van der Waals surface area contributed by atoms with Gasteiger partial charge < -0.3 is 5.32 Å². The molecule has 14 heavy (non-hydrogen) atoms. The lowest BCUT2D eigenvalue weighted by Gasteiger charge is -2.06. The molecule has 0 aromatic carbocycles. The molecule has 1 N–H and O–H groups in total. The van der Waals surface area contributed by atoms with Crippen molar-refractivity contribution in [3.05, 3.63) is 22.2 Å². The largest absolute Gasteiger partial charge is 0.311 e. The molecule has 2 nitrogen and oxygen atoms in total. The molecule has 0 aliphatic heterocycles. The summed E-state index contributed by atoms with van der Waals surface area (Å²) in [6.07, 6.45) is 5.41. The molecule has 78 valence electrons. The van der Waals surface area contributed by atoms with Crippen LogP contribution in [0.2, 0.25) is 0 Å². The number of aryl methyl sites for hydroxylation is 1. The van der Waals surface area contributed by atoms with Gasteiger partial charge in [0, 0.05) is 11.4 Å². The molecule has 0 fully saturated rings. The van der Waals surface area contributed by atoms with Crippen LogP contribution < -0.4 is 5.32 Å². The minimum Gasteiger partial charge on any atom is -0.311 e. The molecular formula is C11H18N2S. The van der Waals surface area contributed by atoms with Crippen molar-refractivity contribution in [1.82, 2.24) is 10.3 Å². The fourth-order valence-electron chi connectivity index (χ4n) is 1.14. The van der Waals surface area contributed by atoms with Crippen molar-refractivity contribution < 1.29 is 0 Å². The fourth-order valence-corrected chi connectivity index (χ4v) is 1.72. The minimum absolute atomic E-state index is 0.428. The van der Waals surface area contributed by atoms with Gasteiger partial charge in [-0.2, -0.15) is 0 Å². The Labute approximate surface area is 90.1 Å². The molecule has 1 rings (SSSR count). The maximum absolute atomic E-state index is 4.37. The number of hydrogen-bond donors (Lipinski definition) is 1. The van der Waals surface area contributed by atoms with Crippen LogP contribution in [0, 0.1) is 6.92 Å². The van der Waals surface area contributed by atoms with E-state index < -0.39 is 0 Å². The molecule has 1 heterocycles. The third-order valence-electron chi connectivity index (χ3n) is 1.91. The lowest BCUT2D eigenvalue weighted by molar-refractivity contribution is 0.625. The summed E-state index contributed by atoms with van der Waals surface area (Å²) in [5.74, 6) is 0. The topological polar surface area (TPSA) is 24.9 Å². The summed E-state index contributed by atoms with van der Waals surface area (Å²) in [7, 11) is 0. The van der Waals surface area contributed by atoms with Crippen LogP contribution in [-0.2, 0) is 0 Å². The molecular weight excluding hydrogens is 192 g/mol. The Kier molecular flexibility index (Phi) is 4.84. The molecule has 0 radical (unpaired) electrons. The molecule has 0 saturated carbocycles. The van der Waals surface area contributed by atoms with Crippen molar-refractivity contribution in [3.63, 3.8) is 0 Å². The predicted molar refractivity (Wildman–Crippen MR) is 63.6 cm³/mol. The van der Waals surface area contributed by atoms with Crippen LogP contribution in [0.1, 0.15) is 31.0 Å². The maximum atomic E-state index is 4.37. The minimum atomic E-state index is 0.428. The quantitative estimate of drug-likeness (QED) is 0.808. The Bertz CT molecular complexity index is 291. The molecule has 0 aliphatic rings. The van der Waals surface area contributed by atoms with Gasteiger partial charge in [0.05, 0.1) is 10.7 Å². The third kappa shape index (κ3) is 4.03. The van der Waals surface area contributed by atoms with E-state index in [2.05, 4.69) is 41.7 Å². The average molecular weight is 210 g/mol. The average Bonchev–Trinajstić information content (AvgIpc) is 2.58. The fraction of sp³-hybridized carbons (Fsp3) is 0.545. The molecule has 1 unspecified atom stereocenters. The molecule has 3 heteroatoms. The van der Waals surface area contributed by atoms with E-state index in [-0.39, 0.29) is 0 Å². The van der Waals surface area contributed by atoms with Crippen LogP contribution in [0.3, 0.4) is 0 Å². The highest BCUT2D eigenvalue weighted by Crippen LogP contribution is 2.09. The second-order valence-corrected chi connectivity index (χ2v) is 4.46. The van der Waals surface area contributed by atoms with Crippen LogP contribution in [0.25, 0.3) is 6.08 Å². The summed E-state index contributed by atoms with van der Waals surface area (Å²) in [4.78, 5) is 4.37. The van der Waals surface area contributed by atoms with Crippen LogP contribution in [0.4, 0.5) is 0 Å². The zero-order chi connectivity index (χ0) is 10.4. The van der Waals surface area contributed by atoms with Crippen molar-refractivity contribution in [2.45, 2.75) is 33.2 Å². The van der Waals surface area contributed by atoms with E-state index in [9.17, 15) is 0 Å². The predicted octanol–water partition coefficient (Wildman–Crippen LogP) is 2.85. The van der Waals surface area contributed by atoms with Gasteiger partial charge in [-0.15, -0.1) is 11.3 Å². The highest BCUT2D eigenvalue weighted by atomic mass is 32.1. The lowest BCUT2D eigenvalue weighted by atomic mass is 10.2. The first-order valence-electron chi connectivity index (χ1n) is 5.06. The van der Waals surface area contributed by atoms with Gasteiger partial charge in [0.15, 0.2) is 0 Å². The summed E-state index contributed by atoms with van der Waals surface area (Å²) in [5, 5.41) is 6.60. The second kappa shape index (κ2) is 5.94. The Morgan fingerprint density at radius 3 is 3.00 bits per heavy atom. The van der Waals surface area contributed by atoms with Crippen molar-refractivity contribution in [1.29, 1.82) is 0 Å². The van der Waals surface area contributed by atoms with Gasteiger partial charge in [0.25, 0.3) is 0 Å². The van der Waals surface area contributed by atoms with Crippen molar-refractivity contribution in [2.75, 3.05) is 6.54 Å². The second-order valence-electron chi connectivity index (χ2n) is 3.39. The summed E-state index contributed by atoms with van der Waals surface area (Å²) >= 11 is 1.69. The first-order chi connectivity index (χ1) is 6.72. The monoisotopic (exact) mass is 210 g/mol. The summed E-state index contributed by atoms with van der Waals surface area (Å²) in [6.45, 7) is 7.43. The molecule has 0 aliphatic carbocycles. The zero-order valence-electron chi connectivity index (χ0n) is 9.08. The van der Waals surface area contributed by atoms with Crippen molar-refractivity contribution in [3.8, 4) is 0 Å². The molecule has 1 aromatic heterocycles. The Balaban J connectivity index is 2.39. The molecule has 0 saturated heterocycles. The summed E-state index contributed by atoms with van der Waals surface area (Å²) in [5.41, 5.74) is 1.07.